The Bertz CT molecular complexity index is 665. The molecule has 6 heteroatoms. The number of thioether (sulfide) groups is 1. The summed E-state index contributed by atoms with van der Waals surface area (Å²) >= 11 is 1.20. The molecular formula is C15H17FN2O2S. The predicted octanol–water partition coefficient (Wildman–Crippen LogP) is 3.54. The zero-order chi connectivity index (χ0) is 14.8. The number of carbonyl (C=O) groups is 1. The number of hydrogen-bond acceptors (Lipinski definition) is 3. The molecule has 0 atom stereocenters. The Labute approximate surface area is 126 Å². The van der Waals surface area contributed by atoms with Crippen molar-refractivity contribution in [2.45, 2.75) is 37.4 Å². The van der Waals surface area contributed by atoms with Gasteiger partial charge in [-0.1, -0.05) is 24.6 Å². The molecule has 4 nitrogen and oxygen atoms in total. The zero-order valence-corrected chi connectivity index (χ0v) is 12.4. The van der Waals surface area contributed by atoms with Gasteiger partial charge in [-0.25, -0.2) is 9.37 Å². The number of benzene rings is 1. The molecule has 1 saturated carbocycles. The molecule has 3 rings (SSSR count). The summed E-state index contributed by atoms with van der Waals surface area (Å²) in [5.74, 6) is -0.610. The first kappa shape index (κ1) is 14.4. The van der Waals surface area contributed by atoms with Gasteiger partial charge in [-0.15, -0.1) is 0 Å². The van der Waals surface area contributed by atoms with E-state index in [1.165, 1.54) is 49.6 Å². The third kappa shape index (κ3) is 3.20. The molecule has 112 valence electrons. The number of rotatable bonds is 5. The monoisotopic (exact) mass is 308 g/mol. The molecule has 2 aromatic rings. The molecule has 1 aliphatic carbocycles. The summed E-state index contributed by atoms with van der Waals surface area (Å²) < 4.78 is 15.5. The number of aliphatic carboxylic acids is 1. The van der Waals surface area contributed by atoms with Crippen LogP contribution < -0.4 is 0 Å². The van der Waals surface area contributed by atoms with Crippen molar-refractivity contribution in [3.8, 4) is 0 Å². The predicted molar refractivity (Wildman–Crippen MR) is 80.0 cm³/mol. The van der Waals surface area contributed by atoms with Crippen molar-refractivity contribution in [1.29, 1.82) is 0 Å². The number of carboxylic acids is 1. The molecule has 1 aromatic carbocycles. The van der Waals surface area contributed by atoms with Gasteiger partial charge in [0.2, 0.25) is 0 Å². The molecular weight excluding hydrogens is 291 g/mol. The van der Waals surface area contributed by atoms with Gasteiger partial charge in [0.1, 0.15) is 5.82 Å². The van der Waals surface area contributed by atoms with E-state index in [1.807, 2.05) is 4.57 Å². The van der Waals surface area contributed by atoms with E-state index in [0.717, 1.165) is 17.6 Å². The molecule has 1 fully saturated rings. The summed E-state index contributed by atoms with van der Waals surface area (Å²) in [6, 6.07) is 4.53. The molecule has 0 saturated heterocycles. The van der Waals surface area contributed by atoms with Gasteiger partial charge >= 0.3 is 5.97 Å². The first-order chi connectivity index (χ1) is 10.1. The Morgan fingerprint density at radius 1 is 1.43 bits per heavy atom. The highest BCUT2D eigenvalue weighted by Gasteiger charge is 2.20. The average molecular weight is 308 g/mol. The number of fused-ring (bicyclic) bond motifs is 1. The lowest BCUT2D eigenvalue weighted by atomic mass is 10.1. The van der Waals surface area contributed by atoms with E-state index in [1.54, 1.807) is 6.07 Å². The number of hydrogen-bond donors (Lipinski definition) is 1. The highest BCUT2D eigenvalue weighted by molar-refractivity contribution is 7.99. The fraction of sp³-hybridized carbons (Fsp3) is 0.467. The van der Waals surface area contributed by atoms with Crippen molar-refractivity contribution >= 4 is 28.8 Å². The summed E-state index contributed by atoms with van der Waals surface area (Å²) in [6.07, 6.45) is 4.84. The number of halogens is 1. The standard InChI is InChI=1S/C15H17FN2O2S/c16-11-5-6-12-13(7-11)18(8-10-3-1-2-4-10)15(17-12)21-9-14(19)20/h5-7,10H,1-4,8-9H2,(H,19,20). The van der Waals surface area contributed by atoms with Crippen molar-refractivity contribution in [3.63, 3.8) is 0 Å². The first-order valence-electron chi connectivity index (χ1n) is 7.14. The van der Waals surface area contributed by atoms with Crippen molar-refractivity contribution in [3.05, 3.63) is 24.0 Å². The topological polar surface area (TPSA) is 55.1 Å². The molecule has 1 heterocycles. The fourth-order valence-electron chi connectivity index (χ4n) is 2.94. The molecule has 21 heavy (non-hydrogen) atoms. The van der Waals surface area contributed by atoms with Gasteiger partial charge in [-0.2, -0.15) is 0 Å². The van der Waals surface area contributed by atoms with Gasteiger partial charge in [-0.3, -0.25) is 4.79 Å². The van der Waals surface area contributed by atoms with E-state index >= 15 is 0 Å². The fourth-order valence-corrected chi connectivity index (χ4v) is 3.68. The van der Waals surface area contributed by atoms with E-state index in [4.69, 9.17) is 5.11 Å². The minimum absolute atomic E-state index is 0.0313. The second kappa shape index (κ2) is 6.05. The van der Waals surface area contributed by atoms with Gasteiger partial charge in [0.15, 0.2) is 5.16 Å². The van der Waals surface area contributed by atoms with E-state index in [0.29, 0.717) is 11.1 Å². The van der Waals surface area contributed by atoms with Crippen LogP contribution in [0.1, 0.15) is 25.7 Å². The minimum Gasteiger partial charge on any atom is -0.481 e. The maximum atomic E-state index is 13.5. The van der Waals surface area contributed by atoms with Crippen LogP contribution in [0.3, 0.4) is 0 Å². The Hall–Kier alpha value is -1.56. The summed E-state index contributed by atoms with van der Waals surface area (Å²) in [7, 11) is 0. The smallest absolute Gasteiger partial charge is 0.313 e. The molecule has 0 amide bonds. The second-order valence-corrected chi connectivity index (χ2v) is 6.41. The number of aromatic nitrogens is 2. The third-order valence-corrected chi connectivity index (χ3v) is 4.88. The molecule has 0 spiro atoms. The Morgan fingerprint density at radius 3 is 2.90 bits per heavy atom. The van der Waals surface area contributed by atoms with E-state index in [2.05, 4.69) is 4.98 Å². The highest BCUT2D eigenvalue weighted by atomic mass is 32.2. The van der Waals surface area contributed by atoms with Crippen LogP contribution in [-0.2, 0) is 11.3 Å². The van der Waals surface area contributed by atoms with Crippen LogP contribution in [0.4, 0.5) is 4.39 Å². The van der Waals surface area contributed by atoms with Crippen LogP contribution >= 0.6 is 11.8 Å². The molecule has 1 aromatic heterocycles. The second-order valence-electron chi connectivity index (χ2n) is 5.47. The Kier molecular flexibility index (Phi) is 4.14. The number of imidazole rings is 1. The van der Waals surface area contributed by atoms with Crippen LogP contribution in [-0.4, -0.2) is 26.4 Å². The van der Waals surface area contributed by atoms with Crippen LogP contribution in [0.2, 0.25) is 0 Å². The van der Waals surface area contributed by atoms with Gasteiger partial charge in [0.05, 0.1) is 16.8 Å². The summed E-state index contributed by atoms with van der Waals surface area (Å²) in [4.78, 5) is 15.2. The third-order valence-electron chi connectivity index (χ3n) is 3.92. The lowest BCUT2D eigenvalue weighted by molar-refractivity contribution is -0.133. The first-order valence-corrected chi connectivity index (χ1v) is 8.12. The van der Waals surface area contributed by atoms with Gasteiger partial charge < -0.3 is 9.67 Å². The lowest BCUT2D eigenvalue weighted by Crippen LogP contribution is -2.09. The Balaban J connectivity index is 1.96. The van der Waals surface area contributed by atoms with E-state index in [-0.39, 0.29) is 11.6 Å². The van der Waals surface area contributed by atoms with Crippen LogP contribution in [0.5, 0.6) is 0 Å². The van der Waals surface area contributed by atoms with E-state index < -0.39 is 5.97 Å². The number of carboxylic acid groups (broad SMARTS) is 1. The molecule has 1 aliphatic rings. The SMILES string of the molecule is O=C(O)CSc1nc2ccc(F)cc2n1CC1CCCC1. The van der Waals surface area contributed by atoms with Crippen molar-refractivity contribution < 1.29 is 14.3 Å². The van der Waals surface area contributed by atoms with Gasteiger partial charge in [-0.05, 0) is 37.0 Å². The minimum atomic E-state index is -0.870. The van der Waals surface area contributed by atoms with Crippen molar-refractivity contribution in [1.82, 2.24) is 9.55 Å². The quantitative estimate of drug-likeness (QED) is 0.858. The average Bonchev–Trinajstić information content (AvgIpc) is 3.06. The lowest BCUT2D eigenvalue weighted by Gasteiger charge is -2.13. The summed E-state index contributed by atoms with van der Waals surface area (Å²) in [5, 5.41) is 9.52. The highest BCUT2D eigenvalue weighted by Crippen LogP contribution is 2.31. The maximum absolute atomic E-state index is 13.5. The van der Waals surface area contributed by atoms with Gasteiger partial charge in [0, 0.05) is 6.54 Å². The zero-order valence-electron chi connectivity index (χ0n) is 11.6. The molecule has 0 aliphatic heterocycles. The van der Waals surface area contributed by atoms with Crippen LogP contribution in [0, 0.1) is 11.7 Å². The van der Waals surface area contributed by atoms with Crippen molar-refractivity contribution in [2.75, 3.05) is 5.75 Å². The summed E-state index contributed by atoms with van der Waals surface area (Å²) in [5.41, 5.74) is 1.48. The molecule has 0 bridgehead atoms. The summed E-state index contributed by atoms with van der Waals surface area (Å²) in [6.45, 7) is 0.794. The number of nitrogens with zero attached hydrogens (tertiary/aromatic N) is 2. The van der Waals surface area contributed by atoms with Crippen LogP contribution in [0.15, 0.2) is 23.4 Å². The van der Waals surface area contributed by atoms with Gasteiger partial charge in [0.25, 0.3) is 0 Å². The molecule has 0 radical (unpaired) electrons. The largest absolute Gasteiger partial charge is 0.481 e. The Morgan fingerprint density at radius 2 is 2.19 bits per heavy atom. The maximum Gasteiger partial charge on any atom is 0.313 e. The van der Waals surface area contributed by atoms with E-state index in [9.17, 15) is 9.18 Å². The normalized spacial score (nSPS) is 15.9. The molecule has 1 N–H and O–H groups in total. The molecule has 0 unspecified atom stereocenters. The van der Waals surface area contributed by atoms with Crippen molar-refractivity contribution in [2.24, 2.45) is 5.92 Å². The van der Waals surface area contributed by atoms with Crippen LogP contribution in [0.25, 0.3) is 11.0 Å².